The van der Waals surface area contributed by atoms with Crippen molar-refractivity contribution in [3.8, 4) is 9.88 Å². The lowest BCUT2D eigenvalue weighted by atomic mass is 10.0. The van der Waals surface area contributed by atoms with Gasteiger partial charge < -0.3 is 5.32 Å². The molecule has 0 saturated carbocycles. The third-order valence-corrected chi connectivity index (χ3v) is 8.38. The fourth-order valence-corrected chi connectivity index (χ4v) is 6.42. The molecule has 3 heterocycles. The Balaban J connectivity index is 1.37. The van der Waals surface area contributed by atoms with E-state index in [1.807, 2.05) is 41.8 Å². The second-order valence-electron chi connectivity index (χ2n) is 7.69. The molecule has 2 N–H and O–H groups in total. The summed E-state index contributed by atoms with van der Waals surface area (Å²) in [5.41, 5.74) is 3.72. The summed E-state index contributed by atoms with van der Waals surface area (Å²) >= 11 is 4.83. The molecule has 0 aliphatic carbocycles. The summed E-state index contributed by atoms with van der Waals surface area (Å²) in [6.07, 6.45) is 1.39. The Hall–Kier alpha value is -3.12. The van der Waals surface area contributed by atoms with E-state index in [0.29, 0.717) is 12.1 Å². The maximum atomic E-state index is 10.9. The Kier molecular flexibility index (Phi) is 7.48. The van der Waals surface area contributed by atoms with Crippen LogP contribution < -0.4 is 10.0 Å². The van der Waals surface area contributed by atoms with E-state index in [9.17, 15) is 8.42 Å². The minimum absolute atomic E-state index is 0.118. The number of rotatable bonds is 10. The average Bonchev–Trinajstić information content (AvgIpc) is 3.62. The summed E-state index contributed by atoms with van der Waals surface area (Å²) in [5, 5.41) is 19.1. The number of thiazole rings is 1. The van der Waals surface area contributed by atoms with Gasteiger partial charge in [0.2, 0.25) is 16.0 Å². The Morgan fingerprint density at radius 2 is 1.71 bits per heavy atom. The molecule has 0 spiro atoms. The minimum atomic E-state index is -2.69. The second kappa shape index (κ2) is 11.1. The largest absolute Gasteiger partial charge is 0.351 e. The number of hydrogen-bond acceptors (Lipinski definition) is 9. The van der Waals surface area contributed by atoms with Crippen LogP contribution in [-0.2, 0) is 23.7 Å². The first-order valence-corrected chi connectivity index (χ1v) is 14.5. The quantitative estimate of drug-likeness (QED) is 0.199. The van der Waals surface area contributed by atoms with Gasteiger partial charge in [-0.05, 0) is 41.1 Å². The van der Waals surface area contributed by atoms with Gasteiger partial charge in [-0.2, -0.15) is 0 Å². The molecule has 3 aromatic heterocycles. The molecule has 5 rings (SSSR count). The highest BCUT2D eigenvalue weighted by Crippen LogP contribution is 2.33. The van der Waals surface area contributed by atoms with Crippen molar-refractivity contribution in [2.75, 3.05) is 10.0 Å². The van der Waals surface area contributed by atoms with E-state index in [1.54, 1.807) is 46.1 Å². The van der Waals surface area contributed by atoms with Crippen molar-refractivity contribution < 1.29 is 8.42 Å². The molecule has 0 unspecified atom stereocenters. The van der Waals surface area contributed by atoms with E-state index in [2.05, 4.69) is 43.8 Å². The molecular formula is C24H21N5O2S4. The van der Waals surface area contributed by atoms with Gasteiger partial charge in [-0.3, -0.25) is 4.72 Å². The predicted molar refractivity (Wildman–Crippen MR) is 145 cm³/mol. The molecule has 0 aliphatic rings. The van der Waals surface area contributed by atoms with Crippen molar-refractivity contribution >= 4 is 55.7 Å². The van der Waals surface area contributed by atoms with E-state index in [1.165, 1.54) is 5.56 Å². The first kappa shape index (κ1) is 23.6. The van der Waals surface area contributed by atoms with E-state index in [4.69, 9.17) is 4.98 Å². The van der Waals surface area contributed by atoms with Crippen molar-refractivity contribution in [3.05, 3.63) is 99.3 Å². The summed E-state index contributed by atoms with van der Waals surface area (Å²) in [6.45, 7) is 0. The van der Waals surface area contributed by atoms with Gasteiger partial charge in [0, 0.05) is 17.5 Å². The van der Waals surface area contributed by atoms with Crippen LogP contribution in [0.2, 0.25) is 0 Å². The fourth-order valence-electron chi connectivity index (χ4n) is 3.55. The van der Waals surface area contributed by atoms with Crippen molar-refractivity contribution in [2.45, 2.75) is 18.9 Å². The van der Waals surface area contributed by atoms with Gasteiger partial charge in [-0.15, -0.1) is 32.9 Å². The van der Waals surface area contributed by atoms with E-state index in [0.717, 1.165) is 37.7 Å². The topological polar surface area (TPSA) is 96.9 Å². The number of hydrogen-bond donors (Lipinski definition) is 3. The predicted octanol–water partition coefficient (Wildman–Crippen LogP) is 5.65. The zero-order valence-corrected chi connectivity index (χ0v) is 21.7. The highest BCUT2D eigenvalue weighted by atomic mass is 32.2. The Morgan fingerprint density at radius 3 is 2.46 bits per heavy atom. The SMILES string of the molecule is O=[SH](=O)Nc1ccc(C[C@H](Nc2nnc(Cc3ccccc3)s2)c2csc(-c3cccs3)n2)cc1. The number of nitrogens with zero attached hydrogens (tertiary/aromatic N) is 3. The maximum absolute atomic E-state index is 10.9. The van der Waals surface area contributed by atoms with Crippen LogP contribution in [-0.4, -0.2) is 23.6 Å². The van der Waals surface area contributed by atoms with Crippen molar-refractivity contribution in [1.29, 1.82) is 0 Å². The molecule has 0 bridgehead atoms. The molecule has 35 heavy (non-hydrogen) atoms. The lowest BCUT2D eigenvalue weighted by Gasteiger charge is -2.16. The van der Waals surface area contributed by atoms with Crippen molar-refractivity contribution in [3.63, 3.8) is 0 Å². The summed E-state index contributed by atoms with van der Waals surface area (Å²) in [7, 11) is -2.69. The first-order valence-electron chi connectivity index (χ1n) is 10.7. The molecular weight excluding hydrogens is 519 g/mol. The second-order valence-corrected chi connectivity index (χ2v) is 11.3. The molecule has 2 aromatic carbocycles. The third-order valence-electron chi connectivity index (χ3n) is 5.19. The summed E-state index contributed by atoms with van der Waals surface area (Å²) in [4.78, 5) is 6.05. The molecule has 0 saturated heterocycles. The zero-order chi connectivity index (χ0) is 24.0. The van der Waals surface area contributed by atoms with Crippen LogP contribution in [0, 0.1) is 0 Å². The highest BCUT2D eigenvalue weighted by Gasteiger charge is 2.19. The molecule has 11 heteroatoms. The van der Waals surface area contributed by atoms with Gasteiger partial charge in [-0.25, -0.2) is 13.4 Å². The molecule has 0 fully saturated rings. The third kappa shape index (κ3) is 6.31. The van der Waals surface area contributed by atoms with Crippen LogP contribution in [0.1, 0.15) is 27.9 Å². The number of aromatic nitrogens is 3. The lowest BCUT2D eigenvalue weighted by molar-refractivity contribution is 0.619. The van der Waals surface area contributed by atoms with Crippen LogP contribution in [0.4, 0.5) is 10.8 Å². The standard InChI is InChI=1S/C24H21N5O2S4/c30-35(31)29-18-10-8-17(9-11-18)13-19(20-15-33-23(25-20)21-7-4-12-32-21)26-24-28-27-22(34-24)14-16-5-2-1-3-6-16/h1-12,15,19,35H,13-14H2,(H,26,28)(H,29,30,31)/t19-/m0/s1. The van der Waals surface area contributed by atoms with Crippen LogP contribution in [0.15, 0.2) is 77.5 Å². The number of benzene rings is 2. The normalized spacial score (nSPS) is 12.0. The summed E-state index contributed by atoms with van der Waals surface area (Å²) < 4.78 is 24.3. The molecule has 5 aromatic rings. The zero-order valence-electron chi connectivity index (χ0n) is 18.3. The average molecular weight is 540 g/mol. The molecule has 7 nitrogen and oxygen atoms in total. The van der Waals surface area contributed by atoms with Gasteiger partial charge in [0.1, 0.15) is 10.0 Å². The summed E-state index contributed by atoms with van der Waals surface area (Å²) in [6, 6.07) is 21.6. The Labute approximate surface area is 216 Å². The fraction of sp³-hybridized carbons (Fsp3) is 0.125. The first-order chi connectivity index (χ1) is 17.1. The highest BCUT2D eigenvalue weighted by molar-refractivity contribution is 7.73. The van der Waals surface area contributed by atoms with Gasteiger partial charge in [0.25, 0.3) is 0 Å². The minimum Gasteiger partial charge on any atom is -0.351 e. The Bertz CT molecular complexity index is 1440. The van der Waals surface area contributed by atoms with Crippen LogP contribution in [0.5, 0.6) is 0 Å². The van der Waals surface area contributed by atoms with Gasteiger partial charge in [-0.1, -0.05) is 59.9 Å². The van der Waals surface area contributed by atoms with Gasteiger partial charge >= 0.3 is 0 Å². The molecule has 0 amide bonds. The number of anilines is 2. The summed E-state index contributed by atoms with van der Waals surface area (Å²) in [5.74, 6) is 0. The van der Waals surface area contributed by atoms with Crippen LogP contribution in [0.3, 0.4) is 0 Å². The Morgan fingerprint density at radius 1 is 0.886 bits per heavy atom. The van der Waals surface area contributed by atoms with E-state index in [-0.39, 0.29) is 6.04 Å². The molecule has 1 atom stereocenters. The number of thiophene rings is 1. The monoisotopic (exact) mass is 539 g/mol. The number of thiol groups is 1. The number of nitrogens with one attached hydrogen (secondary N) is 2. The molecule has 0 radical (unpaired) electrons. The maximum Gasteiger partial charge on any atom is 0.222 e. The van der Waals surface area contributed by atoms with Crippen molar-refractivity contribution in [1.82, 2.24) is 15.2 Å². The van der Waals surface area contributed by atoms with Gasteiger partial charge in [0.15, 0.2) is 0 Å². The molecule has 0 aliphatic heterocycles. The van der Waals surface area contributed by atoms with Crippen molar-refractivity contribution in [2.24, 2.45) is 0 Å². The molecule has 178 valence electrons. The smallest absolute Gasteiger partial charge is 0.222 e. The van der Waals surface area contributed by atoms with E-state index >= 15 is 0 Å². The van der Waals surface area contributed by atoms with E-state index < -0.39 is 10.9 Å². The van der Waals surface area contributed by atoms with Crippen LogP contribution in [0.25, 0.3) is 9.88 Å². The van der Waals surface area contributed by atoms with Gasteiger partial charge in [0.05, 0.1) is 16.6 Å². The lowest BCUT2D eigenvalue weighted by Crippen LogP contribution is -2.14. The van der Waals surface area contributed by atoms with Crippen LogP contribution >= 0.6 is 34.0 Å².